The Hall–Kier alpha value is -2.04. The van der Waals surface area contributed by atoms with Gasteiger partial charge >= 0.3 is 5.97 Å². The van der Waals surface area contributed by atoms with Gasteiger partial charge in [-0.3, -0.25) is 9.59 Å². The molecule has 114 valence electrons. The lowest BCUT2D eigenvalue weighted by Gasteiger charge is -2.34. The van der Waals surface area contributed by atoms with Crippen LogP contribution in [0.5, 0.6) is 0 Å². The number of hydrogen-bond donors (Lipinski definition) is 1. The minimum atomic E-state index is -0.797. The Kier molecular flexibility index (Phi) is 4.21. The number of nitrogens with zero attached hydrogens (tertiary/aromatic N) is 2. The van der Waals surface area contributed by atoms with Crippen LogP contribution in [0.15, 0.2) is 24.3 Å². The summed E-state index contributed by atoms with van der Waals surface area (Å²) in [6.07, 6.45) is 0.0966. The van der Waals surface area contributed by atoms with Gasteiger partial charge in [-0.25, -0.2) is 0 Å². The van der Waals surface area contributed by atoms with Gasteiger partial charge in [-0.05, 0) is 17.7 Å². The first-order chi connectivity index (χ1) is 9.79. The van der Waals surface area contributed by atoms with Crippen molar-refractivity contribution in [2.24, 2.45) is 0 Å². The van der Waals surface area contributed by atoms with Crippen molar-refractivity contribution < 1.29 is 14.7 Å². The Morgan fingerprint density at radius 1 is 1.24 bits per heavy atom. The largest absolute Gasteiger partial charge is 0.481 e. The Balaban J connectivity index is 2.12. The summed E-state index contributed by atoms with van der Waals surface area (Å²) < 4.78 is 0. The van der Waals surface area contributed by atoms with E-state index in [-0.39, 0.29) is 12.3 Å². The smallest absolute Gasteiger partial charge is 0.304 e. The lowest BCUT2D eigenvalue weighted by atomic mass is 9.81. The van der Waals surface area contributed by atoms with Crippen molar-refractivity contribution in [2.45, 2.75) is 25.7 Å². The summed E-state index contributed by atoms with van der Waals surface area (Å²) in [7, 11) is 1.82. The highest BCUT2D eigenvalue weighted by atomic mass is 16.4. The first-order valence-electron chi connectivity index (χ1n) is 7.11. The molecule has 5 heteroatoms. The molecular weight excluding hydrogens is 268 g/mol. The predicted octanol–water partition coefficient (Wildman–Crippen LogP) is 1.72. The Bertz CT molecular complexity index is 537. The summed E-state index contributed by atoms with van der Waals surface area (Å²) in [6, 6.07) is 7.86. The Morgan fingerprint density at radius 2 is 1.86 bits per heavy atom. The molecular formula is C16H22N2O3. The number of carbonyl (C=O) groups is 2. The molecule has 0 atom stereocenters. The highest BCUT2D eigenvalue weighted by Crippen LogP contribution is 2.29. The second kappa shape index (κ2) is 5.76. The molecule has 21 heavy (non-hydrogen) atoms. The summed E-state index contributed by atoms with van der Waals surface area (Å²) in [5.41, 5.74) is 1.60. The number of benzene rings is 1. The molecule has 1 amide bonds. The van der Waals surface area contributed by atoms with E-state index in [4.69, 9.17) is 5.11 Å². The predicted molar refractivity (Wildman–Crippen MR) is 81.6 cm³/mol. The van der Waals surface area contributed by atoms with Crippen LogP contribution in [-0.2, 0) is 15.0 Å². The third-order valence-electron chi connectivity index (χ3n) is 4.06. The van der Waals surface area contributed by atoms with Crippen LogP contribution in [0.4, 0.5) is 5.69 Å². The molecule has 1 aromatic carbocycles. The van der Waals surface area contributed by atoms with Crippen molar-refractivity contribution in [3.05, 3.63) is 29.8 Å². The Labute approximate surface area is 125 Å². The maximum absolute atomic E-state index is 11.7. The van der Waals surface area contributed by atoms with Gasteiger partial charge in [0.25, 0.3) is 0 Å². The fourth-order valence-electron chi connectivity index (χ4n) is 2.58. The first kappa shape index (κ1) is 15.4. The molecule has 1 N–H and O–H groups in total. The number of piperazine rings is 1. The molecule has 0 saturated carbocycles. The average molecular weight is 290 g/mol. The number of carboxylic acids is 1. The van der Waals surface area contributed by atoms with Crippen LogP contribution >= 0.6 is 0 Å². The minimum absolute atomic E-state index is 0.0966. The average Bonchev–Trinajstić information content (AvgIpc) is 2.41. The molecule has 0 unspecified atom stereocenters. The molecule has 1 saturated heterocycles. The number of anilines is 1. The lowest BCUT2D eigenvalue weighted by Crippen LogP contribution is -2.48. The zero-order valence-corrected chi connectivity index (χ0v) is 12.8. The van der Waals surface area contributed by atoms with E-state index in [0.29, 0.717) is 6.54 Å². The fourth-order valence-corrected chi connectivity index (χ4v) is 2.58. The molecule has 5 nitrogen and oxygen atoms in total. The summed E-state index contributed by atoms with van der Waals surface area (Å²) in [5, 5.41) is 8.97. The third kappa shape index (κ3) is 3.54. The number of aliphatic carboxylic acids is 1. The molecule has 2 rings (SSSR count). The monoisotopic (exact) mass is 290 g/mol. The summed E-state index contributed by atoms with van der Waals surface area (Å²) in [5.74, 6) is -0.676. The van der Waals surface area contributed by atoms with Crippen LogP contribution in [0.3, 0.4) is 0 Å². The van der Waals surface area contributed by atoms with E-state index in [9.17, 15) is 9.59 Å². The van der Waals surface area contributed by atoms with E-state index < -0.39 is 11.4 Å². The van der Waals surface area contributed by atoms with Gasteiger partial charge < -0.3 is 14.9 Å². The zero-order valence-electron chi connectivity index (χ0n) is 12.8. The summed E-state index contributed by atoms with van der Waals surface area (Å²) in [4.78, 5) is 26.5. The van der Waals surface area contributed by atoms with E-state index >= 15 is 0 Å². The third-order valence-corrected chi connectivity index (χ3v) is 4.06. The second-order valence-electron chi connectivity index (χ2n) is 6.24. The number of hydrogen-bond acceptors (Lipinski definition) is 3. The Morgan fingerprint density at radius 3 is 2.38 bits per heavy atom. The quantitative estimate of drug-likeness (QED) is 0.917. The molecule has 1 aliphatic heterocycles. The molecule has 0 radical (unpaired) electrons. The molecule has 0 bridgehead atoms. The van der Waals surface area contributed by atoms with Gasteiger partial charge in [-0.2, -0.15) is 0 Å². The molecule has 1 aromatic rings. The van der Waals surface area contributed by atoms with Crippen LogP contribution in [0.1, 0.15) is 25.8 Å². The number of likely N-dealkylation sites (N-methyl/N-ethyl adjacent to an activating group) is 1. The standard InChI is InChI=1S/C16H22N2O3/c1-16(2,10-15(20)21)12-4-6-13(7-5-12)18-9-8-17(3)14(19)11-18/h4-7H,8-11H2,1-3H3,(H,20,21). The van der Waals surface area contributed by atoms with Gasteiger partial charge in [0.2, 0.25) is 5.91 Å². The molecule has 1 heterocycles. The van der Waals surface area contributed by atoms with Crippen LogP contribution in [0, 0.1) is 0 Å². The van der Waals surface area contributed by atoms with Gasteiger partial charge in [0.05, 0.1) is 13.0 Å². The fraction of sp³-hybridized carbons (Fsp3) is 0.500. The molecule has 1 fully saturated rings. The second-order valence-corrected chi connectivity index (χ2v) is 6.24. The van der Waals surface area contributed by atoms with Gasteiger partial charge in [-0.1, -0.05) is 26.0 Å². The van der Waals surface area contributed by atoms with Crippen LogP contribution in [0.2, 0.25) is 0 Å². The highest BCUT2D eigenvalue weighted by Gasteiger charge is 2.25. The van der Waals surface area contributed by atoms with Gasteiger partial charge in [0.1, 0.15) is 0 Å². The van der Waals surface area contributed by atoms with Gasteiger partial charge in [0.15, 0.2) is 0 Å². The maximum Gasteiger partial charge on any atom is 0.304 e. The van der Waals surface area contributed by atoms with Crippen molar-refractivity contribution in [3.8, 4) is 0 Å². The van der Waals surface area contributed by atoms with Crippen LogP contribution < -0.4 is 4.90 Å². The van der Waals surface area contributed by atoms with Crippen molar-refractivity contribution >= 4 is 17.6 Å². The number of rotatable bonds is 4. The molecule has 0 aromatic heterocycles. The zero-order chi connectivity index (χ0) is 15.6. The highest BCUT2D eigenvalue weighted by molar-refractivity contribution is 5.82. The van der Waals surface area contributed by atoms with E-state index in [1.807, 2.05) is 45.2 Å². The van der Waals surface area contributed by atoms with E-state index in [0.717, 1.165) is 24.3 Å². The molecule has 0 spiro atoms. The van der Waals surface area contributed by atoms with E-state index in [1.165, 1.54) is 0 Å². The topological polar surface area (TPSA) is 60.9 Å². The van der Waals surface area contributed by atoms with Crippen molar-refractivity contribution in [1.29, 1.82) is 0 Å². The van der Waals surface area contributed by atoms with Crippen molar-refractivity contribution in [1.82, 2.24) is 4.90 Å². The SMILES string of the molecule is CN1CCN(c2ccc(C(C)(C)CC(=O)O)cc2)CC1=O. The maximum atomic E-state index is 11.7. The lowest BCUT2D eigenvalue weighted by molar-refractivity contribution is -0.138. The van der Waals surface area contributed by atoms with Crippen LogP contribution in [-0.4, -0.2) is 48.6 Å². The van der Waals surface area contributed by atoms with Crippen LogP contribution in [0.25, 0.3) is 0 Å². The van der Waals surface area contributed by atoms with E-state index in [1.54, 1.807) is 4.90 Å². The number of carboxylic acid groups (broad SMARTS) is 1. The molecule has 0 aliphatic carbocycles. The number of amides is 1. The van der Waals surface area contributed by atoms with Crippen molar-refractivity contribution in [3.63, 3.8) is 0 Å². The summed E-state index contributed by atoms with van der Waals surface area (Å²) >= 11 is 0. The van der Waals surface area contributed by atoms with Gasteiger partial charge in [-0.15, -0.1) is 0 Å². The summed E-state index contributed by atoms with van der Waals surface area (Å²) in [6.45, 7) is 5.80. The molecule has 1 aliphatic rings. The first-order valence-corrected chi connectivity index (χ1v) is 7.11. The number of carbonyl (C=O) groups excluding carboxylic acids is 1. The van der Waals surface area contributed by atoms with E-state index in [2.05, 4.69) is 4.90 Å². The normalized spacial score (nSPS) is 16.2. The van der Waals surface area contributed by atoms with Gasteiger partial charge in [0, 0.05) is 31.2 Å². The van der Waals surface area contributed by atoms with Crippen molar-refractivity contribution in [2.75, 3.05) is 31.6 Å². The minimum Gasteiger partial charge on any atom is -0.481 e.